The number of hydrogen-bond acceptors (Lipinski definition) is 2. The zero-order chi connectivity index (χ0) is 10.4. The van der Waals surface area contributed by atoms with Gasteiger partial charge in [-0.25, -0.2) is 0 Å². The van der Waals surface area contributed by atoms with Gasteiger partial charge in [0.25, 0.3) is 0 Å². The van der Waals surface area contributed by atoms with Crippen molar-refractivity contribution in [3.63, 3.8) is 0 Å². The van der Waals surface area contributed by atoms with Crippen LogP contribution in [-0.4, -0.2) is 18.2 Å². The Balaban J connectivity index is 2.68. The van der Waals surface area contributed by atoms with Crippen molar-refractivity contribution in [2.45, 2.75) is 13.8 Å². The second-order valence-corrected chi connectivity index (χ2v) is 4.89. The first-order valence-corrected chi connectivity index (χ1v) is 6.15. The van der Waals surface area contributed by atoms with E-state index in [0.29, 0.717) is 0 Å². The maximum atomic E-state index is 5.09. The highest BCUT2D eigenvalue weighted by Gasteiger charge is 1.94. The van der Waals surface area contributed by atoms with Crippen LogP contribution in [0.25, 0.3) is 0 Å². The Kier molecular flexibility index (Phi) is 4.53. The molecule has 0 saturated heterocycles. The molecule has 0 aromatic heterocycles. The quantitative estimate of drug-likeness (QED) is 0.773. The van der Waals surface area contributed by atoms with Gasteiger partial charge in [0, 0.05) is 11.4 Å². The molecule has 0 spiro atoms. The summed E-state index contributed by atoms with van der Waals surface area (Å²) in [6.07, 6.45) is 0. The van der Waals surface area contributed by atoms with Crippen LogP contribution < -0.4 is 9.46 Å². The van der Waals surface area contributed by atoms with E-state index >= 15 is 0 Å². The van der Waals surface area contributed by atoms with E-state index in [9.17, 15) is 0 Å². The van der Waals surface area contributed by atoms with Gasteiger partial charge in [-0.05, 0) is 36.6 Å². The Morgan fingerprint density at radius 1 is 1.36 bits per heavy atom. The number of anilines is 1. The van der Waals surface area contributed by atoms with E-state index in [2.05, 4.69) is 23.9 Å². The number of nitrogens with one attached hydrogen (secondary N) is 1. The summed E-state index contributed by atoms with van der Waals surface area (Å²) in [7, 11) is 1.87. The minimum absolute atomic E-state index is 0.186. The molecule has 0 amide bonds. The standard InChI is InChI=1S/C11H17NOS/c1-4-14(5-2)12-10-6-8-11(13-3)9-7-10/h4,6-9,12H,5H2,1-3H3. The molecule has 1 aromatic rings. The Morgan fingerprint density at radius 3 is 2.43 bits per heavy atom. The van der Waals surface area contributed by atoms with Crippen molar-refractivity contribution < 1.29 is 4.74 Å². The number of hydrogen-bond donors (Lipinski definition) is 1. The maximum absolute atomic E-state index is 5.09. The lowest BCUT2D eigenvalue weighted by atomic mass is 10.3. The fourth-order valence-corrected chi connectivity index (χ4v) is 2.14. The van der Waals surface area contributed by atoms with Crippen LogP contribution in [0.1, 0.15) is 13.8 Å². The normalized spacial score (nSPS) is 12.5. The predicted octanol–water partition coefficient (Wildman–Crippen LogP) is 3.13. The Morgan fingerprint density at radius 2 is 2.00 bits per heavy atom. The summed E-state index contributed by atoms with van der Waals surface area (Å²) in [6, 6.07) is 8.01. The first-order valence-electron chi connectivity index (χ1n) is 4.70. The second-order valence-electron chi connectivity index (χ2n) is 2.78. The van der Waals surface area contributed by atoms with Gasteiger partial charge < -0.3 is 9.46 Å². The maximum Gasteiger partial charge on any atom is 0.119 e. The molecule has 0 radical (unpaired) electrons. The highest BCUT2D eigenvalue weighted by Crippen LogP contribution is 2.20. The van der Waals surface area contributed by atoms with Crippen LogP contribution in [0, 0.1) is 0 Å². The van der Waals surface area contributed by atoms with Crippen molar-refractivity contribution in [2.75, 3.05) is 17.6 Å². The number of rotatable bonds is 4. The summed E-state index contributed by atoms with van der Waals surface area (Å²) in [6.45, 7) is 4.27. The van der Waals surface area contributed by atoms with Gasteiger partial charge in [0.1, 0.15) is 5.75 Å². The summed E-state index contributed by atoms with van der Waals surface area (Å²) in [5.41, 5.74) is 1.15. The van der Waals surface area contributed by atoms with E-state index in [4.69, 9.17) is 4.74 Å². The van der Waals surface area contributed by atoms with Crippen LogP contribution in [0.4, 0.5) is 5.69 Å². The summed E-state index contributed by atoms with van der Waals surface area (Å²) in [4.78, 5) is 0. The van der Waals surface area contributed by atoms with Gasteiger partial charge in [-0.2, -0.15) is 0 Å². The average molecular weight is 211 g/mol. The van der Waals surface area contributed by atoms with Crippen molar-refractivity contribution in [3.8, 4) is 5.75 Å². The average Bonchev–Trinajstić information content (AvgIpc) is 2.26. The van der Waals surface area contributed by atoms with Crippen LogP contribution >= 0.6 is 10.7 Å². The molecule has 14 heavy (non-hydrogen) atoms. The van der Waals surface area contributed by atoms with E-state index in [0.717, 1.165) is 17.2 Å². The van der Waals surface area contributed by atoms with Gasteiger partial charge in [0.05, 0.1) is 7.11 Å². The highest BCUT2D eigenvalue weighted by molar-refractivity contribution is 8.16. The molecule has 1 N–H and O–H groups in total. The van der Waals surface area contributed by atoms with Gasteiger partial charge in [-0.1, -0.05) is 6.92 Å². The van der Waals surface area contributed by atoms with Gasteiger partial charge in [-0.15, -0.1) is 10.7 Å². The zero-order valence-corrected chi connectivity index (χ0v) is 9.73. The molecular formula is C11H17NOS. The molecule has 1 atom stereocenters. The minimum atomic E-state index is 0.186. The van der Waals surface area contributed by atoms with Gasteiger partial charge in [-0.3, -0.25) is 0 Å². The van der Waals surface area contributed by atoms with Gasteiger partial charge >= 0.3 is 0 Å². The molecule has 0 aliphatic heterocycles. The van der Waals surface area contributed by atoms with E-state index in [1.54, 1.807) is 7.11 Å². The highest BCUT2D eigenvalue weighted by atomic mass is 32.2. The lowest BCUT2D eigenvalue weighted by Crippen LogP contribution is -1.93. The molecule has 0 aliphatic rings. The molecular weight excluding hydrogens is 194 g/mol. The van der Waals surface area contributed by atoms with E-state index in [-0.39, 0.29) is 10.7 Å². The molecule has 0 heterocycles. The largest absolute Gasteiger partial charge is 0.497 e. The van der Waals surface area contributed by atoms with E-state index in [1.165, 1.54) is 0 Å². The first kappa shape index (κ1) is 11.1. The smallest absolute Gasteiger partial charge is 0.119 e. The van der Waals surface area contributed by atoms with Crippen molar-refractivity contribution in [3.05, 3.63) is 24.3 Å². The van der Waals surface area contributed by atoms with Crippen LogP contribution in [-0.2, 0) is 0 Å². The van der Waals surface area contributed by atoms with Gasteiger partial charge in [0.2, 0.25) is 0 Å². The van der Waals surface area contributed by atoms with Crippen molar-refractivity contribution in [1.29, 1.82) is 0 Å². The fourth-order valence-electron chi connectivity index (χ4n) is 1.11. The molecule has 2 nitrogen and oxygen atoms in total. The molecule has 0 fully saturated rings. The SMILES string of the molecule is C/C=S(\CC)Nc1ccc(OC)cc1. The number of methoxy groups -OCH3 is 1. The third kappa shape index (κ3) is 3.07. The van der Waals surface area contributed by atoms with Crippen LogP contribution in [0.3, 0.4) is 0 Å². The van der Waals surface area contributed by atoms with Gasteiger partial charge in [0.15, 0.2) is 0 Å². The predicted molar refractivity (Wildman–Crippen MR) is 66.5 cm³/mol. The fraction of sp³-hybridized carbons (Fsp3) is 0.364. The molecule has 1 aromatic carbocycles. The molecule has 0 bridgehead atoms. The van der Waals surface area contributed by atoms with Crippen LogP contribution in [0.5, 0.6) is 5.75 Å². The zero-order valence-electron chi connectivity index (χ0n) is 8.91. The van der Waals surface area contributed by atoms with Crippen molar-refractivity contribution >= 4 is 21.7 Å². The van der Waals surface area contributed by atoms with E-state index in [1.807, 2.05) is 24.3 Å². The molecule has 3 heteroatoms. The molecule has 1 rings (SSSR count). The third-order valence-corrected chi connectivity index (χ3v) is 3.62. The third-order valence-electron chi connectivity index (χ3n) is 1.93. The summed E-state index contributed by atoms with van der Waals surface area (Å²) in [5, 5.41) is 2.20. The van der Waals surface area contributed by atoms with Crippen molar-refractivity contribution in [1.82, 2.24) is 0 Å². The van der Waals surface area contributed by atoms with E-state index < -0.39 is 0 Å². The molecule has 78 valence electrons. The summed E-state index contributed by atoms with van der Waals surface area (Å²) >= 11 is 0. The lowest BCUT2D eigenvalue weighted by Gasteiger charge is -2.10. The molecule has 0 aliphatic carbocycles. The van der Waals surface area contributed by atoms with Crippen LogP contribution in [0.2, 0.25) is 0 Å². The van der Waals surface area contributed by atoms with Crippen molar-refractivity contribution in [2.24, 2.45) is 0 Å². The number of benzene rings is 1. The lowest BCUT2D eigenvalue weighted by molar-refractivity contribution is 0.415. The summed E-state index contributed by atoms with van der Waals surface area (Å²) < 4.78 is 8.54. The summed E-state index contributed by atoms with van der Waals surface area (Å²) in [5.74, 6) is 2.02. The second kappa shape index (κ2) is 5.70. The number of ether oxygens (including phenoxy) is 1. The minimum Gasteiger partial charge on any atom is -0.497 e. The first-order chi connectivity index (χ1) is 6.80. The topological polar surface area (TPSA) is 21.3 Å². The Labute approximate surface area is 88.3 Å². The van der Waals surface area contributed by atoms with Crippen LogP contribution in [0.15, 0.2) is 24.3 Å². The Bertz CT molecular complexity index is 306. The monoisotopic (exact) mass is 211 g/mol. The molecule has 1 unspecified atom stereocenters. The molecule has 0 saturated carbocycles. The Hall–Kier alpha value is -0.960.